The summed E-state index contributed by atoms with van der Waals surface area (Å²) in [5.41, 5.74) is 3.67. The molecule has 0 bridgehead atoms. The highest BCUT2D eigenvalue weighted by Crippen LogP contribution is 2.27. The average molecular weight is 294 g/mol. The summed E-state index contributed by atoms with van der Waals surface area (Å²) >= 11 is 1.75. The standard InChI is InChI=1S/C18H18N2S/c1-2-19-12-17-13-20-18(21-17)16-10-8-15(9-11-16)14-6-4-3-5-7-14/h3-11,13,19H,2,12H2,1H3. The summed E-state index contributed by atoms with van der Waals surface area (Å²) in [6.07, 6.45) is 1.97. The molecule has 0 aliphatic rings. The molecule has 21 heavy (non-hydrogen) atoms. The third kappa shape index (κ3) is 3.38. The van der Waals surface area contributed by atoms with E-state index in [4.69, 9.17) is 0 Å². The number of hydrogen-bond donors (Lipinski definition) is 1. The van der Waals surface area contributed by atoms with Crippen molar-refractivity contribution in [2.75, 3.05) is 6.54 Å². The third-order valence-corrected chi connectivity index (χ3v) is 4.39. The largest absolute Gasteiger partial charge is 0.312 e. The molecule has 0 saturated carbocycles. The lowest BCUT2D eigenvalue weighted by molar-refractivity contribution is 0.734. The van der Waals surface area contributed by atoms with Crippen LogP contribution in [-0.2, 0) is 6.54 Å². The molecule has 1 N–H and O–H groups in total. The van der Waals surface area contributed by atoms with Crippen LogP contribution in [0.3, 0.4) is 0 Å². The molecule has 3 heteroatoms. The zero-order valence-corrected chi connectivity index (χ0v) is 12.9. The van der Waals surface area contributed by atoms with Crippen LogP contribution in [0.2, 0.25) is 0 Å². The van der Waals surface area contributed by atoms with Gasteiger partial charge in [-0.1, -0.05) is 61.5 Å². The number of nitrogens with zero attached hydrogens (tertiary/aromatic N) is 1. The maximum atomic E-state index is 4.52. The van der Waals surface area contributed by atoms with Crippen LogP contribution in [0.4, 0.5) is 0 Å². The zero-order valence-electron chi connectivity index (χ0n) is 12.0. The van der Waals surface area contributed by atoms with E-state index in [0.717, 1.165) is 18.1 Å². The summed E-state index contributed by atoms with van der Waals surface area (Å²) in [6, 6.07) is 19.1. The van der Waals surface area contributed by atoms with Gasteiger partial charge in [-0.05, 0) is 17.7 Å². The highest BCUT2D eigenvalue weighted by molar-refractivity contribution is 7.15. The first-order chi connectivity index (χ1) is 10.4. The SMILES string of the molecule is CCNCc1cnc(-c2ccc(-c3ccccc3)cc2)s1. The Bertz CT molecular complexity index is 687. The van der Waals surface area contributed by atoms with Crippen LogP contribution < -0.4 is 5.32 Å². The van der Waals surface area contributed by atoms with E-state index in [1.165, 1.54) is 21.6 Å². The lowest BCUT2D eigenvalue weighted by atomic mass is 10.0. The first-order valence-corrected chi connectivity index (χ1v) is 8.00. The minimum Gasteiger partial charge on any atom is -0.312 e. The van der Waals surface area contributed by atoms with Crippen molar-refractivity contribution >= 4 is 11.3 Å². The van der Waals surface area contributed by atoms with Crippen LogP contribution in [0.1, 0.15) is 11.8 Å². The summed E-state index contributed by atoms with van der Waals surface area (Å²) in [4.78, 5) is 5.80. The molecule has 106 valence electrons. The number of benzene rings is 2. The van der Waals surface area contributed by atoms with Crippen molar-refractivity contribution in [3.8, 4) is 21.7 Å². The topological polar surface area (TPSA) is 24.9 Å². The van der Waals surface area contributed by atoms with Gasteiger partial charge in [-0.2, -0.15) is 0 Å². The molecule has 0 saturated heterocycles. The van der Waals surface area contributed by atoms with Gasteiger partial charge in [0, 0.05) is 23.2 Å². The van der Waals surface area contributed by atoms with Gasteiger partial charge < -0.3 is 5.32 Å². The minimum absolute atomic E-state index is 0.899. The second-order valence-electron chi connectivity index (χ2n) is 4.86. The Morgan fingerprint density at radius 1 is 0.905 bits per heavy atom. The second-order valence-corrected chi connectivity index (χ2v) is 5.97. The molecule has 0 aliphatic heterocycles. The van der Waals surface area contributed by atoms with Gasteiger partial charge in [0.05, 0.1) is 0 Å². The molecule has 1 heterocycles. The van der Waals surface area contributed by atoms with E-state index in [1.54, 1.807) is 11.3 Å². The van der Waals surface area contributed by atoms with Crippen molar-refractivity contribution in [1.29, 1.82) is 0 Å². The van der Waals surface area contributed by atoms with Crippen molar-refractivity contribution in [3.05, 3.63) is 65.7 Å². The van der Waals surface area contributed by atoms with Crippen LogP contribution in [0.5, 0.6) is 0 Å². The Balaban J connectivity index is 1.79. The van der Waals surface area contributed by atoms with E-state index in [-0.39, 0.29) is 0 Å². The van der Waals surface area contributed by atoms with E-state index >= 15 is 0 Å². The van der Waals surface area contributed by atoms with Crippen LogP contribution >= 0.6 is 11.3 Å². The summed E-state index contributed by atoms with van der Waals surface area (Å²) < 4.78 is 0. The van der Waals surface area contributed by atoms with Gasteiger partial charge in [-0.15, -0.1) is 11.3 Å². The van der Waals surface area contributed by atoms with E-state index in [9.17, 15) is 0 Å². The molecule has 0 unspecified atom stereocenters. The molecule has 0 aliphatic carbocycles. The van der Waals surface area contributed by atoms with Crippen molar-refractivity contribution in [2.45, 2.75) is 13.5 Å². The van der Waals surface area contributed by atoms with Crippen molar-refractivity contribution in [2.24, 2.45) is 0 Å². The fraction of sp³-hybridized carbons (Fsp3) is 0.167. The van der Waals surface area contributed by atoms with E-state index < -0.39 is 0 Å². The highest BCUT2D eigenvalue weighted by Gasteiger charge is 2.05. The van der Waals surface area contributed by atoms with Crippen LogP contribution in [-0.4, -0.2) is 11.5 Å². The second kappa shape index (κ2) is 6.66. The maximum Gasteiger partial charge on any atom is 0.123 e. The van der Waals surface area contributed by atoms with E-state index in [1.807, 2.05) is 12.3 Å². The maximum absolute atomic E-state index is 4.52. The lowest BCUT2D eigenvalue weighted by Gasteiger charge is -2.02. The molecule has 0 radical (unpaired) electrons. The first kappa shape index (κ1) is 14.0. The molecule has 2 nitrogen and oxygen atoms in total. The summed E-state index contributed by atoms with van der Waals surface area (Å²) in [7, 11) is 0. The number of hydrogen-bond acceptors (Lipinski definition) is 3. The molecule has 3 aromatic rings. The Kier molecular flexibility index (Phi) is 4.43. The highest BCUT2D eigenvalue weighted by atomic mass is 32.1. The van der Waals surface area contributed by atoms with Crippen molar-refractivity contribution in [1.82, 2.24) is 10.3 Å². The number of rotatable bonds is 5. The van der Waals surface area contributed by atoms with E-state index in [2.05, 4.69) is 65.8 Å². The Morgan fingerprint density at radius 3 is 2.29 bits per heavy atom. The molecule has 2 aromatic carbocycles. The van der Waals surface area contributed by atoms with Gasteiger partial charge in [0.2, 0.25) is 0 Å². The Morgan fingerprint density at radius 2 is 1.57 bits per heavy atom. The van der Waals surface area contributed by atoms with Crippen LogP contribution in [0.15, 0.2) is 60.8 Å². The molecule has 0 atom stereocenters. The zero-order chi connectivity index (χ0) is 14.5. The normalized spacial score (nSPS) is 10.7. The number of nitrogens with one attached hydrogen (secondary N) is 1. The summed E-state index contributed by atoms with van der Waals surface area (Å²) in [5, 5.41) is 4.42. The van der Waals surface area contributed by atoms with Crippen LogP contribution in [0.25, 0.3) is 21.7 Å². The van der Waals surface area contributed by atoms with Gasteiger partial charge in [0.15, 0.2) is 0 Å². The minimum atomic E-state index is 0.899. The molecule has 3 rings (SSSR count). The van der Waals surface area contributed by atoms with Gasteiger partial charge in [0.25, 0.3) is 0 Å². The third-order valence-electron chi connectivity index (χ3n) is 3.34. The van der Waals surface area contributed by atoms with Crippen LogP contribution in [0, 0.1) is 0 Å². The quantitative estimate of drug-likeness (QED) is 0.744. The number of aromatic nitrogens is 1. The fourth-order valence-electron chi connectivity index (χ4n) is 2.21. The van der Waals surface area contributed by atoms with E-state index in [0.29, 0.717) is 0 Å². The predicted molar refractivity (Wildman–Crippen MR) is 90.4 cm³/mol. The van der Waals surface area contributed by atoms with Crippen molar-refractivity contribution in [3.63, 3.8) is 0 Å². The summed E-state index contributed by atoms with van der Waals surface area (Å²) in [6.45, 7) is 4.00. The van der Waals surface area contributed by atoms with Gasteiger partial charge in [0.1, 0.15) is 5.01 Å². The molecule has 0 spiro atoms. The molecular weight excluding hydrogens is 276 g/mol. The Labute approximate surface area is 129 Å². The first-order valence-electron chi connectivity index (χ1n) is 7.18. The predicted octanol–water partition coefficient (Wildman–Crippen LogP) is 4.59. The Hall–Kier alpha value is -1.97. The number of thiazole rings is 1. The summed E-state index contributed by atoms with van der Waals surface area (Å²) in [5.74, 6) is 0. The molecule has 0 amide bonds. The fourth-order valence-corrected chi connectivity index (χ4v) is 3.09. The monoisotopic (exact) mass is 294 g/mol. The average Bonchev–Trinajstić information content (AvgIpc) is 3.03. The van der Waals surface area contributed by atoms with Gasteiger partial charge in [-0.3, -0.25) is 0 Å². The molecule has 1 aromatic heterocycles. The van der Waals surface area contributed by atoms with Gasteiger partial charge in [-0.25, -0.2) is 4.98 Å². The van der Waals surface area contributed by atoms with Crippen molar-refractivity contribution < 1.29 is 0 Å². The molecular formula is C18H18N2S. The smallest absolute Gasteiger partial charge is 0.123 e. The van der Waals surface area contributed by atoms with Gasteiger partial charge >= 0.3 is 0 Å². The lowest BCUT2D eigenvalue weighted by Crippen LogP contribution is -2.10. The molecule has 0 fully saturated rings.